The Labute approximate surface area is 196 Å². The molecule has 0 unspecified atom stereocenters. The molecule has 7 nitrogen and oxygen atoms in total. The number of fused-ring (bicyclic) bond motifs is 2. The minimum atomic E-state index is -3.55. The van der Waals surface area contributed by atoms with Gasteiger partial charge in [0.2, 0.25) is 15.9 Å². The molecule has 1 aliphatic rings. The summed E-state index contributed by atoms with van der Waals surface area (Å²) in [7, 11) is -3.55. The monoisotopic (exact) mass is 468 g/mol. The van der Waals surface area contributed by atoms with Gasteiger partial charge in [-0.15, -0.1) is 0 Å². The maximum Gasteiger partial charge on any atom is 0.243 e. The van der Waals surface area contributed by atoms with Gasteiger partial charge in [-0.1, -0.05) is 39.0 Å². The molecule has 3 aromatic rings. The first kappa shape index (κ1) is 23.4. The molecular weight excluding hydrogens is 436 g/mol. The zero-order chi connectivity index (χ0) is 23.6. The molecule has 0 fully saturated rings. The molecule has 0 saturated heterocycles. The number of rotatable bonds is 9. The van der Waals surface area contributed by atoms with E-state index in [1.807, 2.05) is 43.0 Å². The number of anilines is 1. The molecule has 0 atom stereocenters. The normalized spacial score (nSPS) is 13.8. The van der Waals surface area contributed by atoms with E-state index < -0.39 is 10.0 Å². The molecule has 0 aliphatic carbocycles. The molecule has 2 heterocycles. The Morgan fingerprint density at radius 1 is 1.09 bits per heavy atom. The van der Waals surface area contributed by atoms with Gasteiger partial charge in [-0.2, -0.15) is 4.31 Å². The summed E-state index contributed by atoms with van der Waals surface area (Å²) in [6, 6.07) is 13.2. The number of carbonyl (C=O) groups excluding carboxylic acids is 1. The molecule has 0 bridgehead atoms. The van der Waals surface area contributed by atoms with Crippen LogP contribution in [0, 0.1) is 0 Å². The summed E-state index contributed by atoms with van der Waals surface area (Å²) in [5.74, 6) is 0.921. The number of amides is 1. The van der Waals surface area contributed by atoms with Crippen molar-refractivity contribution in [1.82, 2.24) is 13.9 Å². The lowest BCUT2D eigenvalue weighted by molar-refractivity contribution is -0.118. The van der Waals surface area contributed by atoms with Crippen LogP contribution in [0.3, 0.4) is 0 Å². The molecule has 1 aromatic heterocycles. The molecule has 0 N–H and O–H groups in total. The molecule has 176 valence electrons. The van der Waals surface area contributed by atoms with Crippen LogP contribution in [0.1, 0.15) is 45.0 Å². The van der Waals surface area contributed by atoms with Crippen LogP contribution in [-0.2, 0) is 34.2 Å². The maximum atomic E-state index is 13.0. The van der Waals surface area contributed by atoms with Crippen molar-refractivity contribution in [1.29, 1.82) is 0 Å². The molecule has 0 radical (unpaired) electrons. The zero-order valence-corrected chi connectivity index (χ0v) is 20.4. The molecule has 2 aromatic carbocycles. The van der Waals surface area contributed by atoms with Crippen LogP contribution >= 0.6 is 0 Å². The van der Waals surface area contributed by atoms with Crippen LogP contribution in [0.2, 0.25) is 0 Å². The summed E-state index contributed by atoms with van der Waals surface area (Å²) < 4.78 is 29.5. The molecule has 4 rings (SSSR count). The minimum absolute atomic E-state index is 0.0971. The van der Waals surface area contributed by atoms with Crippen molar-refractivity contribution in [2.45, 2.75) is 57.9 Å². The molecule has 33 heavy (non-hydrogen) atoms. The predicted molar refractivity (Wildman–Crippen MR) is 131 cm³/mol. The smallest absolute Gasteiger partial charge is 0.243 e. The summed E-state index contributed by atoms with van der Waals surface area (Å²) in [6.45, 7) is 8.11. The van der Waals surface area contributed by atoms with Gasteiger partial charge in [0.1, 0.15) is 5.82 Å². The van der Waals surface area contributed by atoms with Gasteiger partial charge in [-0.3, -0.25) is 4.79 Å². The van der Waals surface area contributed by atoms with E-state index in [1.165, 1.54) is 9.87 Å². The molecular formula is C25H32N4O3S. The Balaban J connectivity index is 1.60. The van der Waals surface area contributed by atoms with Crippen molar-refractivity contribution in [3.63, 3.8) is 0 Å². The van der Waals surface area contributed by atoms with Crippen LogP contribution in [0.25, 0.3) is 11.0 Å². The number of carbonyl (C=O) groups is 1. The fourth-order valence-electron chi connectivity index (χ4n) is 4.65. The van der Waals surface area contributed by atoms with Crippen molar-refractivity contribution < 1.29 is 13.2 Å². The standard InChI is InChI=1S/C25H32N4O3S/c1-4-16-28-23-12-11-20(33(31,32)27(5-2)6-3)18-21(23)26-24(28)13-14-25(30)29-17-15-19-9-7-8-10-22(19)29/h7-12,18H,4-6,13-17H2,1-3H3. The van der Waals surface area contributed by atoms with Gasteiger partial charge in [0.25, 0.3) is 0 Å². The Morgan fingerprint density at radius 2 is 1.85 bits per heavy atom. The number of aromatic nitrogens is 2. The van der Waals surface area contributed by atoms with Crippen LogP contribution in [0.4, 0.5) is 5.69 Å². The third kappa shape index (κ3) is 4.42. The van der Waals surface area contributed by atoms with Gasteiger partial charge in [0, 0.05) is 44.7 Å². The van der Waals surface area contributed by atoms with Gasteiger partial charge in [0.15, 0.2) is 0 Å². The van der Waals surface area contributed by atoms with Gasteiger partial charge < -0.3 is 9.47 Å². The number of hydrogen-bond donors (Lipinski definition) is 0. The maximum absolute atomic E-state index is 13.0. The lowest BCUT2D eigenvalue weighted by Crippen LogP contribution is -2.30. The summed E-state index contributed by atoms with van der Waals surface area (Å²) in [6.07, 6.45) is 2.70. The Morgan fingerprint density at radius 3 is 2.58 bits per heavy atom. The highest BCUT2D eigenvalue weighted by Crippen LogP contribution is 2.29. The number of nitrogens with zero attached hydrogens (tertiary/aromatic N) is 4. The van der Waals surface area contributed by atoms with Crippen molar-refractivity contribution in [2.75, 3.05) is 24.5 Å². The van der Waals surface area contributed by atoms with Gasteiger partial charge in [0.05, 0.1) is 15.9 Å². The van der Waals surface area contributed by atoms with Crippen molar-refractivity contribution in [3.05, 3.63) is 53.9 Å². The summed E-state index contributed by atoms with van der Waals surface area (Å²) >= 11 is 0. The third-order valence-corrected chi connectivity index (χ3v) is 8.39. The molecule has 1 aliphatic heterocycles. The molecule has 1 amide bonds. The Hall–Kier alpha value is -2.71. The van der Waals surface area contributed by atoms with E-state index in [4.69, 9.17) is 4.98 Å². The Kier molecular flexibility index (Phi) is 6.86. The first-order valence-corrected chi connectivity index (χ1v) is 13.2. The van der Waals surface area contributed by atoms with Crippen molar-refractivity contribution >= 4 is 32.7 Å². The molecule has 0 spiro atoms. The Bertz CT molecular complexity index is 1260. The van der Waals surface area contributed by atoms with Gasteiger partial charge in [-0.25, -0.2) is 13.4 Å². The van der Waals surface area contributed by atoms with Gasteiger partial charge >= 0.3 is 0 Å². The zero-order valence-electron chi connectivity index (χ0n) is 19.6. The average Bonchev–Trinajstić information content (AvgIpc) is 3.39. The van der Waals surface area contributed by atoms with Crippen LogP contribution in [0.15, 0.2) is 47.4 Å². The quantitative estimate of drug-likeness (QED) is 0.476. The fraction of sp³-hybridized carbons (Fsp3) is 0.440. The van der Waals surface area contributed by atoms with E-state index >= 15 is 0 Å². The van der Waals surface area contributed by atoms with Gasteiger partial charge in [-0.05, 0) is 42.7 Å². The van der Waals surface area contributed by atoms with E-state index in [-0.39, 0.29) is 10.8 Å². The molecule has 0 saturated carbocycles. The number of hydrogen-bond acceptors (Lipinski definition) is 4. The van der Waals surface area contributed by atoms with Crippen molar-refractivity contribution in [3.8, 4) is 0 Å². The number of benzene rings is 2. The van der Waals surface area contributed by atoms with E-state index in [1.54, 1.807) is 12.1 Å². The number of sulfonamides is 1. The second kappa shape index (κ2) is 9.65. The third-order valence-electron chi connectivity index (χ3n) is 6.34. The van der Waals surface area contributed by atoms with E-state index in [9.17, 15) is 13.2 Å². The highest BCUT2D eigenvalue weighted by atomic mass is 32.2. The number of imidazole rings is 1. The fourth-order valence-corrected chi connectivity index (χ4v) is 6.13. The second-order valence-electron chi connectivity index (χ2n) is 8.34. The second-order valence-corrected chi connectivity index (χ2v) is 10.3. The lowest BCUT2D eigenvalue weighted by Gasteiger charge is -2.18. The van der Waals surface area contributed by atoms with Crippen LogP contribution in [0.5, 0.6) is 0 Å². The molecule has 8 heteroatoms. The highest BCUT2D eigenvalue weighted by molar-refractivity contribution is 7.89. The van der Waals surface area contributed by atoms with E-state index in [0.717, 1.165) is 43.0 Å². The lowest BCUT2D eigenvalue weighted by atomic mass is 10.2. The number of para-hydroxylation sites is 1. The van der Waals surface area contributed by atoms with Crippen LogP contribution in [-0.4, -0.2) is 47.8 Å². The summed E-state index contributed by atoms with van der Waals surface area (Å²) in [5.41, 5.74) is 3.79. The summed E-state index contributed by atoms with van der Waals surface area (Å²) in [4.78, 5) is 19.9. The first-order valence-electron chi connectivity index (χ1n) is 11.8. The first-order chi connectivity index (χ1) is 15.9. The van der Waals surface area contributed by atoms with Crippen molar-refractivity contribution in [2.24, 2.45) is 0 Å². The highest BCUT2D eigenvalue weighted by Gasteiger charge is 2.25. The predicted octanol–water partition coefficient (Wildman–Crippen LogP) is 4.00. The van der Waals surface area contributed by atoms with E-state index in [0.29, 0.717) is 31.4 Å². The SMILES string of the molecule is CCCn1c(CCC(=O)N2CCc3ccccc32)nc2cc(S(=O)(=O)N(CC)CC)ccc21. The topological polar surface area (TPSA) is 75.5 Å². The van der Waals surface area contributed by atoms with Crippen LogP contribution < -0.4 is 4.90 Å². The average molecular weight is 469 g/mol. The minimum Gasteiger partial charge on any atom is -0.328 e. The largest absolute Gasteiger partial charge is 0.328 e. The number of aryl methyl sites for hydroxylation is 2. The summed E-state index contributed by atoms with van der Waals surface area (Å²) in [5, 5.41) is 0. The van der Waals surface area contributed by atoms with E-state index in [2.05, 4.69) is 17.6 Å².